The maximum atomic E-state index is 5.74. The lowest BCUT2D eigenvalue weighted by Gasteiger charge is -2.13. The van der Waals surface area contributed by atoms with Gasteiger partial charge in [-0.2, -0.15) is 0 Å². The zero-order valence-electron chi connectivity index (χ0n) is 10.4. The van der Waals surface area contributed by atoms with E-state index in [9.17, 15) is 0 Å². The van der Waals surface area contributed by atoms with Crippen molar-refractivity contribution < 1.29 is 0 Å². The second-order valence-electron chi connectivity index (χ2n) is 4.48. The van der Waals surface area contributed by atoms with Gasteiger partial charge in [0, 0.05) is 30.4 Å². The number of anilines is 1. The van der Waals surface area contributed by atoms with Crippen molar-refractivity contribution in [2.24, 2.45) is 0 Å². The van der Waals surface area contributed by atoms with E-state index < -0.39 is 0 Å². The lowest BCUT2D eigenvalue weighted by atomic mass is 9.96. The van der Waals surface area contributed by atoms with Crippen molar-refractivity contribution in [1.29, 1.82) is 0 Å². The number of nitrogens with zero attached hydrogens (tertiary/aromatic N) is 3. The second-order valence-corrected chi connectivity index (χ2v) is 4.48. The molecule has 100 valence electrons. The van der Waals surface area contributed by atoms with Crippen LogP contribution < -0.4 is 11.1 Å². The molecule has 1 aliphatic heterocycles. The number of nitrogens with two attached hydrogens (primary N) is 1. The third kappa shape index (κ3) is 2.83. The van der Waals surface area contributed by atoms with Crippen molar-refractivity contribution in [3.8, 4) is 11.1 Å². The Hall–Kier alpha value is -1.72. The number of nitrogens with one attached hydrogen (secondary N) is 1. The van der Waals surface area contributed by atoms with Crippen LogP contribution in [0, 0.1) is 0 Å². The highest BCUT2D eigenvalue weighted by molar-refractivity contribution is 5.85. The van der Waals surface area contributed by atoms with Crippen LogP contribution in [0.5, 0.6) is 0 Å². The quantitative estimate of drug-likeness (QED) is 0.872. The van der Waals surface area contributed by atoms with Gasteiger partial charge in [-0.05, 0) is 30.7 Å². The summed E-state index contributed by atoms with van der Waals surface area (Å²) in [5.41, 5.74) is 8.92. The molecule has 0 aromatic carbocycles. The van der Waals surface area contributed by atoms with Crippen LogP contribution in [0.2, 0.25) is 0 Å². The lowest BCUT2D eigenvalue weighted by molar-refractivity contribution is 0.733. The summed E-state index contributed by atoms with van der Waals surface area (Å²) >= 11 is 0. The fraction of sp³-hybridized carbons (Fsp3) is 0.308. The normalized spacial score (nSPS) is 18.0. The third-order valence-electron chi connectivity index (χ3n) is 3.28. The molecular weight excluding hydrogens is 262 g/mol. The summed E-state index contributed by atoms with van der Waals surface area (Å²) in [6.45, 7) is 2.02. The summed E-state index contributed by atoms with van der Waals surface area (Å²) in [7, 11) is 0. The van der Waals surface area contributed by atoms with Crippen LogP contribution in [0.3, 0.4) is 0 Å². The first-order chi connectivity index (χ1) is 8.84. The van der Waals surface area contributed by atoms with E-state index in [2.05, 4.69) is 20.3 Å². The predicted molar refractivity (Wildman–Crippen MR) is 77.2 cm³/mol. The Kier molecular flexibility index (Phi) is 4.29. The highest BCUT2D eigenvalue weighted by atomic mass is 35.5. The van der Waals surface area contributed by atoms with Gasteiger partial charge in [-0.3, -0.25) is 0 Å². The van der Waals surface area contributed by atoms with Gasteiger partial charge in [0.25, 0.3) is 0 Å². The van der Waals surface area contributed by atoms with Crippen molar-refractivity contribution in [2.45, 2.75) is 12.3 Å². The highest BCUT2D eigenvalue weighted by Gasteiger charge is 2.21. The number of pyridine rings is 1. The molecule has 1 fully saturated rings. The highest BCUT2D eigenvalue weighted by Crippen LogP contribution is 2.30. The van der Waals surface area contributed by atoms with Gasteiger partial charge >= 0.3 is 0 Å². The molecule has 0 aliphatic carbocycles. The van der Waals surface area contributed by atoms with E-state index in [-0.39, 0.29) is 12.4 Å². The molecule has 2 aromatic heterocycles. The van der Waals surface area contributed by atoms with Gasteiger partial charge in [0.15, 0.2) is 0 Å². The molecule has 3 rings (SSSR count). The Balaban J connectivity index is 0.00000133. The van der Waals surface area contributed by atoms with E-state index in [1.165, 1.54) is 0 Å². The molecule has 0 saturated carbocycles. The summed E-state index contributed by atoms with van der Waals surface area (Å²) in [6.07, 6.45) is 6.30. The fourth-order valence-electron chi connectivity index (χ4n) is 2.39. The number of rotatable bonds is 2. The van der Waals surface area contributed by atoms with E-state index in [0.29, 0.717) is 11.7 Å². The Morgan fingerprint density at radius 1 is 1.32 bits per heavy atom. The molecule has 1 aliphatic rings. The van der Waals surface area contributed by atoms with Gasteiger partial charge in [0.2, 0.25) is 0 Å². The number of aromatic nitrogens is 3. The first-order valence-electron chi connectivity index (χ1n) is 6.07. The van der Waals surface area contributed by atoms with E-state index in [1.54, 1.807) is 12.5 Å². The van der Waals surface area contributed by atoms with Crippen LogP contribution in [0.25, 0.3) is 11.1 Å². The molecule has 5 nitrogen and oxygen atoms in total. The standard InChI is InChI=1S/C13H15N5.ClH/c14-12-5-9(2-4-17-12)11-7-16-8-18-13(11)10-1-3-15-6-10;/h2,4-5,7-8,10,15H,1,3,6H2,(H2,14,17);1H. The number of halogens is 1. The van der Waals surface area contributed by atoms with Crippen LogP contribution in [0.4, 0.5) is 5.82 Å². The van der Waals surface area contributed by atoms with Gasteiger partial charge < -0.3 is 11.1 Å². The van der Waals surface area contributed by atoms with Crippen molar-refractivity contribution in [3.05, 3.63) is 36.5 Å². The second kappa shape index (κ2) is 5.95. The zero-order valence-corrected chi connectivity index (χ0v) is 11.2. The average Bonchev–Trinajstić information content (AvgIpc) is 2.92. The van der Waals surface area contributed by atoms with E-state index in [1.807, 2.05) is 18.3 Å². The fourth-order valence-corrected chi connectivity index (χ4v) is 2.39. The van der Waals surface area contributed by atoms with Gasteiger partial charge in [-0.25, -0.2) is 15.0 Å². The van der Waals surface area contributed by atoms with Crippen molar-refractivity contribution >= 4 is 18.2 Å². The molecule has 1 unspecified atom stereocenters. The number of hydrogen-bond acceptors (Lipinski definition) is 5. The molecule has 3 heterocycles. The summed E-state index contributed by atoms with van der Waals surface area (Å²) in [4.78, 5) is 12.6. The van der Waals surface area contributed by atoms with Gasteiger partial charge in [-0.1, -0.05) is 0 Å². The first kappa shape index (κ1) is 13.7. The molecule has 0 radical (unpaired) electrons. The molecule has 0 amide bonds. The minimum atomic E-state index is 0. The molecule has 1 atom stereocenters. The van der Waals surface area contributed by atoms with Crippen molar-refractivity contribution in [3.63, 3.8) is 0 Å². The SMILES string of the molecule is Cl.Nc1cc(-c2cncnc2C2CCNC2)ccn1. The summed E-state index contributed by atoms with van der Waals surface area (Å²) in [5.74, 6) is 0.976. The minimum absolute atomic E-state index is 0. The molecule has 2 aromatic rings. The van der Waals surface area contributed by atoms with Gasteiger partial charge in [0.05, 0.1) is 5.69 Å². The summed E-state index contributed by atoms with van der Waals surface area (Å²) < 4.78 is 0. The van der Waals surface area contributed by atoms with Crippen LogP contribution in [-0.4, -0.2) is 28.0 Å². The Labute approximate surface area is 118 Å². The molecule has 3 N–H and O–H groups in total. The summed E-state index contributed by atoms with van der Waals surface area (Å²) in [5, 5.41) is 3.36. The van der Waals surface area contributed by atoms with Crippen molar-refractivity contribution in [1.82, 2.24) is 20.3 Å². The van der Waals surface area contributed by atoms with Crippen LogP contribution in [-0.2, 0) is 0 Å². The van der Waals surface area contributed by atoms with Crippen LogP contribution >= 0.6 is 12.4 Å². The van der Waals surface area contributed by atoms with E-state index in [4.69, 9.17) is 5.73 Å². The predicted octanol–water partition coefficient (Wildman–Crippen LogP) is 1.62. The Morgan fingerprint density at radius 2 is 2.21 bits per heavy atom. The minimum Gasteiger partial charge on any atom is -0.384 e. The molecule has 0 bridgehead atoms. The maximum Gasteiger partial charge on any atom is 0.123 e. The smallest absolute Gasteiger partial charge is 0.123 e. The summed E-state index contributed by atoms with van der Waals surface area (Å²) in [6, 6.07) is 3.81. The van der Waals surface area contributed by atoms with Crippen LogP contribution in [0.1, 0.15) is 18.0 Å². The average molecular weight is 278 g/mol. The molecule has 0 spiro atoms. The Bertz CT molecular complexity index is 554. The topological polar surface area (TPSA) is 76.7 Å². The van der Waals surface area contributed by atoms with Gasteiger partial charge in [-0.15, -0.1) is 12.4 Å². The number of nitrogen functional groups attached to an aromatic ring is 1. The Morgan fingerprint density at radius 3 is 2.95 bits per heavy atom. The van der Waals surface area contributed by atoms with E-state index in [0.717, 1.165) is 36.3 Å². The largest absolute Gasteiger partial charge is 0.384 e. The molecular formula is C13H16ClN5. The monoisotopic (exact) mass is 277 g/mol. The zero-order chi connectivity index (χ0) is 12.4. The lowest BCUT2D eigenvalue weighted by Crippen LogP contribution is -2.10. The molecule has 1 saturated heterocycles. The molecule has 19 heavy (non-hydrogen) atoms. The first-order valence-corrected chi connectivity index (χ1v) is 6.07. The maximum absolute atomic E-state index is 5.74. The van der Waals surface area contributed by atoms with Gasteiger partial charge in [0.1, 0.15) is 12.1 Å². The number of hydrogen-bond donors (Lipinski definition) is 2. The van der Waals surface area contributed by atoms with Crippen molar-refractivity contribution in [2.75, 3.05) is 18.8 Å². The van der Waals surface area contributed by atoms with Crippen LogP contribution in [0.15, 0.2) is 30.9 Å². The van der Waals surface area contributed by atoms with E-state index >= 15 is 0 Å². The third-order valence-corrected chi connectivity index (χ3v) is 3.28. The molecule has 6 heteroatoms.